The monoisotopic (exact) mass is 1000 g/mol. The predicted octanol–water partition coefficient (Wildman–Crippen LogP) is 23.7. The van der Waals surface area contributed by atoms with Gasteiger partial charge in [0.2, 0.25) is 11.4 Å². The SMILES string of the molecule is CCC=CCCCc1ccccc1C1=CC(CCCC)=C(c2ccc(CCCC)cc2)[N+]1=[N-].CCCCCCCCCCCCCCCCC[CH2][Ni][CH2]CCCCCCCCCCCCCCCCC. The molecule has 3 heteroatoms. The van der Waals surface area contributed by atoms with Gasteiger partial charge in [-0.2, -0.15) is 0 Å². The van der Waals surface area contributed by atoms with Gasteiger partial charge in [0.05, 0.1) is 0 Å². The van der Waals surface area contributed by atoms with Crippen LogP contribution in [0.3, 0.4) is 0 Å². The van der Waals surface area contributed by atoms with Gasteiger partial charge in [-0.25, -0.2) is 4.70 Å². The normalized spacial score (nSPS) is 12.7. The molecular weight excluding hydrogens is 891 g/mol. The van der Waals surface area contributed by atoms with Crippen LogP contribution < -0.4 is 0 Å². The summed E-state index contributed by atoms with van der Waals surface area (Å²) < 4.78 is 1.45. The third kappa shape index (κ3) is 32.7. The maximum atomic E-state index is 11.4. The molecule has 0 atom stereocenters. The van der Waals surface area contributed by atoms with Gasteiger partial charge in [0.25, 0.3) is 0 Å². The molecule has 0 amide bonds. The molecule has 1 aliphatic rings. The summed E-state index contributed by atoms with van der Waals surface area (Å²) in [6.45, 7) is 11.2. The van der Waals surface area contributed by atoms with Gasteiger partial charge in [-0.15, -0.1) is 0 Å². The van der Waals surface area contributed by atoms with Gasteiger partial charge < -0.3 is 5.53 Å². The Morgan fingerprint density at radius 1 is 0.414 bits per heavy atom. The Kier molecular flexibility index (Phi) is 43.6. The number of unbranched alkanes of at least 4 members (excludes halogenated alkanes) is 33. The van der Waals surface area contributed by atoms with Crippen LogP contribution in [0.1, 0.15) is 314 Å². The number of hydrogen-bond acceptors (Lipinski definition) is 0. The minimum atomic E-state index is 0.908. The first kappa shape index (κ1) is 63.9. The molecule has 2 nitrogen and oxygen atoms in total. The zero-order valence-corrected chi connectivity index (χ0v) is 48.2. The molecule has 70 heavy (non-hydrogen) atoms. The summed E-state index contributed by atoms with van der Waals surface area (Å²) in [7, 11) is 0. The Labute approximate surface area is 443 Å². The number of aryl methyl sites for hydroxylation is 2. The first-order chi connectivity index (χ1) is 34.6. The molecule has 2 aromatic carbocycles. The molecule has 1 heterocycles. The molecule has 2 aromatic rings. The number of allylic oxidation sites excluding steroid dienone is 4. The van der Waals surface area contributed by atoms with E-state index in [1.807, 2.05) is 14.4 Å². The van der Waals surface area contributed by atoms with Gasteiger partial charge in [0.15, 0.2) is 0 Å². The molecule has 0 aromatic heterocycles. The van der Waals surface area contributed by atoms with Gasteiger partial charge in [0.1, 0.15) is 0 Å². The topological polar surface area (TPSA) is 25.3 Å². The van der Waals surface area contributed by atoms with E-state index in [1.54, 1.807) is 0 Å². The Morgan fingerprint density at radius 3 is 1.27 bits per heavy atom. The Bertz CT molecular complexity index is 1550. The van der Waals surface area contributed by atoms with Gasteiger partial charge >= 0.3 is 166 Å². The van der Waals surface area contributed by atoms with E-state index in [1.165, 1.54) is 250 Å². The molecule has 0 saturated heterocycles. The van der Waals surface area contributed by atoms with Crippen LogP contribution in [0.4, 0.5) is 0 Å². The van der Waals surface area contributed by atoms with Crippen LogP contribution in [0.2, 0.25) is 10.8 Å². The molecule has 3 rings (SSSR count). The summed E-state index contributed by atoms with van der Waals surface area (Å²) in [6.07, 6.45) is 65.1. The minimum Gasteiger partial charge on any atom is -0.0654 e. The van der Waals surface area contributed by atoms with E-state index >= 15 is 0 Å². The van der Waals surface area contributed by atoms with E-state index in [4.69, 9.17) is 0 Å². The van der Waals surface area contributed by atoms with Crippen LogP contribution in [0.25, 0.3) is 16.9 Å². The van der Waals surface area contributed by atoms with Crippen molar-refractivity contribution in [3.05, 3.63) is 100 Å². The first-order valence-electron chi connectivity index (χ1n) is 30.8. The van der Waals surface area contributed by atoms with Crippen molar-refractivity contribution >= 4 is 11.4 Å². The fourth-order valence-electron chi connectivity index (χ4n) is 9.99. The summed E-state index contributed by atoms with van der Waals surface area (Å²) in [6, 6.07) is 17.4. The van der Waals surface area contributed by atoms with E-state index in [9.17, 15) is 5.53 Å². The maximum absolute atomic E-state index is 11.4. The smallest absolute Gasteiger partial charge is 0.0654 e. The summed E-state index contributed by atoms with van der Waals surface area (Å²) in [5, 5.41) is 2.87. The van der Waals surface area contributed by atoms with Crippen molar-refractivity contribution in [3.63, 3.8) is 0 Å². The molecule has 0 N–H and O–H groups in total. The van der Waals surface area contributed by atoms with E-state index in [0.717, 1.165) is 73.9 Å². The van der Waals surface area contributed by atoms with Crippen LogP contribution in [0, 0.1) is 0 Å². The molecule has 0 spiro atoms. The molecule has 0 radical (unpaired) electrons. The second-order valence-electron chi connectivity index (χ2n) is 21.1. The molecular formula is C67H114N2Ni. The van der Waals surface area contributed by atoms with E-state index < -0.39 is 0 Å². The summed E-state index contributed by atoms with van der Waals surface area (Å²) in [5.74, 6) is 0. The minimum absolute atomic E-state index is 0.908. The van der Waals surface area contributed by atoms with Crippen molar-refractivity contribution < 1.29 is 19.1 Å². The second-order valence-corrected chi connectivity index (χ2v) is 22.6. The van der Waals surface area contributed by atoms with Crippen molar-refractivity contribution in [2.45, 2.75) is 315 Å². The zero-order chi connectivity index (χ0) is 50.2. The first-order valence-corrected chi connectivity index (χ1v) is 32.2. The molecule has 0 unspecified atom stereocenters. The summed E-state index contributed by atoms with van der Waals surface area (Å²) in [5.41, 5.74) is 19.4. The van der Waals surface area contributed by atoms with E-state index in [0.29, 0.717) is 0 Å². The summed E-state index contributed by atoms with van der Waals surface area (Å²) >= 11 is 2.04. The van der Waals surface area contributed by atoms with E-state index in [-0.39, 0.29) is 0 Å². The fourth-order valence-corrected chi connectivity index (χ4v) is 11.2. The third-order valence-corrected chi connectivity index (χ3v) is 16.0. The van der Waals surface area contributed by atoms with E-state index in [2.05, 4.69) is 101 Å². The third-order valence-electron chi connectivity index (χ3n) is 14.6. The molecule has 1 aliphatic heterocycles. The Morgan fingerprint density at radius 2 is 0.829 bits per heavy atom. The van der Waals surface area contributed by atoms with Crippen molar-refractivity contribution in [2.75, 3.05) is 0 Å². The van der Waals surface area contributed by atoms with Crippen LogP contribution in [-0.4, -0.2) is 4.70 Å². The summed E-state index contributed by atoms with van der Waals surface area (Å²) in [4.78, 5) is 0. The number of hydrogen-bond donors (Lipinski definition) is 0. The average Bonchev–Trinajstić information content (AvgIpc) is 3.71. The van der Waals surface area contributed by atoms with Crippen LogP contribution in [-0.2, 0) is 27.3 Å². The van der Waals surface area contributed by atoms with Gasteiger partial charge in [0, 0.05) is 22.8 Å². The molecule has 0 saturated carbocycles. The molecule has 0 fully saturated rings. The van der Waals surface area contributed by atoms with Crippen LogP contribution in [0.5, 0.6) is 0 Å². The van der Waals surface area contributed by atoms with Gasteiger partial charge in [-0.05, 0) is 80.7 Å². The Hall–Kier alpha value is -2.25. The Balaban J connectivity index is 0.000000482. The quantitative estimate of drug-likeness (QED) is 0.0273. The van der Waals surface area contributed by atoms with Crippen molar-refractivity contribution in [1.82, 2.24) is 0 Å². The number of benzene rings is 2. The average molecular weight is 1010 g/mol. The standard InChI is InChI=1S/C31H40N2.2C18H37.Ni/c1-4-7-10-11-12-17-26-18-13-14-19-29(26)30-24-28(16-9-6-3)31(33(30)32)27-22-20-25(21-23-27)15-8-5-2;2*1-3-5-7-9-11-13-15-17-18-16-14-12-10-8-6-4-2;/h7,10,13-14,18-24H,4-6,8-9,11-12,15-17H2,1-3H3;2*1,3-18H2,2H3;. The van der Waals surface area contributed by atoms with Crippen molar-refractivity contribution in [1.29, 1.82) is 0 Å². The molecule has 0 aliphatic carbocycles. The molecule has 0 bridgehead atoms. The zero-order valence-electron chi connectivity index (χ0n) is 47.2. The van der Waals surface area contributed by atoms with Crippen LogP contribution >= 0.6 is 0 Å². The van der Waals surface area contributed by atoms with Gasteiger partial charge in [-0.1, -0.05) is 154 Å². The van der Waals surface area contributed by atoms with Crippen molar-refractivity contribution in [3.8, 4) is 0 Å². The molecule has 402 valence electrons. The fraction of sp³-hybridized carbons (Fsp3) is 0.731. The second kappa shape index (κ2) is 47.7. The number of nitrogens with zero attached hydrogens (tertiary/aromatic N) is 2. The predicted molar refractivity (Wildman–Crippen MR) is 311 cm³/mol. The van der Waals surface area contributed by atoms with Crippen LogP contribution in [0.15, 0.2) is 72.3 Å². The van der Waals surface area contributed by atoms with Gasteiger partial charge in [-0.3, -0.25) is 0 Å². The van der Waals surface area contributed by atoms with Crippen molar-refractivity contribution in [2.24, 2.45) is 0 Å². The number of rotatable bonds is 47.